The van der Waals surface area contributed by atoms with Crippen LogP contribution in [0, 0.1) is 0 Å². The minimum absolute atomic E-state index is 0. The average molecular weight is 178 g/mol. The maximum Gasteiger partial charge on any atom is 1.00 e. The summed E-state index contributed by atoms with van der Waals surface area (Å²) in [5.41, 5.74) is 0.721. The van der Waals surface area contributed by atoms with E-state index in [1.807, 2.05) is 6.07 Å². The standard InChI is InChI=1S/C7H8O2S.Na/c8-10(9)6-7-4-2-1-3-5-7;/h1-6,10H,(H,8,9);/q;+1/p-1. The third-order valence-electron chi connectivity index (χ3n) is 1.05. The summed E-state index contributed by atoms with van der Waals surface area (Å²) in [4.78, 5) is 0. The Morgan fingerprint density at radius 2 is 1.82 bits per heavy atom. The van der Waals surface area contributed by atoms with Crippen LogP contribution in [-0.2, 0) is 10.7 Å². The Kier molecular flexibility index (Phi) is 5.91. The monoisotopic (exact) mass is 178 g/mol. The SMILES string of the molecule is O=[SH]([O-])=Cc1ccccc1.[Na+]. The van der Waals surface area contributed by atoms with E-state index >= 15 is 0 Å². The minimum atomic E-state index is -2.40. The van der Waals surface area contributed by atoms with E-state index in [1.54, 1.807) is 24.3 Å². The summed E-state index contributed by atoms with van der Waals surface area (Å²) >= 11 is 0. The fourth-order valence-electron chi connectivity index (χ4n) is 0.661. The van der Waals surface area contributed by atoms with Crippen molar-refractivity contribution in [2.75, 3.05) is 0 Å². The van der Waals surface area contributed by atoms with E-state index in [0.717, 1.165) is 5.56 Å². The van der Waals surface area contributed by atoms with Crippen LogP contribution in [0.3, 0.4) is 0 Å². The van der Waals surface area contributed by atoms with Gasteiger partial charge >= 0.3 is 29.6 Å². The van der Waals surface area contributed by atoms with Gasteiger partial charge in [0.25, 0.3) is 0 Å². The third-order valence-corrected chi connectivity index (χ3v) is 1.56. The molecule has 0 saturated heterocycles. The Labute approximate surface area is 89.8 Å². The maximum atomic E-state index is 10.2. The molecule has 0 spiro atoms. The first-order valence-electron chi connectivity index (χ1n) is 2.82. The molecule has 0 N–H and O–H groups in total. The van der Waals surface area contributed by atoms with E-state index in [9.17, 15) is 8.76 Å². The van der Waals surface area contributed by atoms with Gasteiger partial charge in [-0.15, -0.1) is 10.7 Å². The molecule has 1 rings (SSSR count). The van der Waals surface area contributed by atoms with Gasteiger partial charge in [-0.2, -0.15) is 0 Å². The first-order valence-corrected chi connectivity index (χ1v) is 4.07. The minimum Gasteiger partial charge on any atom is -0.780 e. The van der Waals surface area contributed by atoms with Gasteiger partial charge in [0.1, 0.15) is 0 Å². The van der Waals surface area contributed by atoms with Crippen molar-refractivity contribution in [3.8, 4) is 0 Å². The van der Waals surface area contributed by atoms with Gasteiger partial charge in [-0.3, -0.25) is 4.21 Å². The topological polar surface area (TPSA) is 40.1 Å². The largest absolute Gasteiger partial charge is 1.00 e. The molecule has 0 fully saturated rings. The van der Waals surface area contributed by atoms with Crippen LogP contribution in [0.4, 0.5) is 0 Å². The second kappa shape index (κ2) is 5.80. The summed E-state index contributed by atoms with van der Waals surface area (Å²) in [7, 11) is -2.40. The maximum absolute atomic E-state index is 10.2. The van der Waals surface area contributed by atoms with Crippen LogP contribution in [0.1, 0.15) is 5.56 Å². The van der Waals surface area contributed by atoms with Crippen LogP contribution in [0.25, 0.3) is 0 Å². The number of benzene rings is 1. The number of thiol groups is 1. The van der Waals surface area contributed by atoms with Crippen molar-refractivity contribution in [1.82, 2.24) is 0 Å². The van der Waals surface area contributed by atoms with Gasteiger partial charge in [0.2, 0.25) is 0 Å². The van der Waals surface area contributed by atoms with Crippen molar-refractivity contribution < 1.29 is 38.3 Å². The van der Waals surface area contributed by atoms with Crippen molar-refractivity contribution in [1.29, 1.82) is 0 Å². The smallest absolute Gasteiger partial charge is 0.780 e. The molecule has 1 aromatic rings. The zero-order chi connectivity index (χ0) is 7.40. The molecular formula is C7H7NaO2S. The van der Waals surface area contributed by atoms with E-state index in [-0.39, 0.29) is 29.6 Å². The molecule has 0 amide bonds. The van der Waals surface area contributed by atoms with Crippen LogP contribution in [0.2, 0.25) is 0 Å². The Morgan fingerprint density at radius 3 is 2.27 bits per heavy atom. The van der Waals surface area contributed by atoms with Gasteiger partial charge in [-0.25, -0.2) is 0 Å². The summed E-state index contributed by atoms with van der Waals surface area (Å²) in [5, 5.41) is 1.20. The number of hydrogen-bond acceptors (Lipinski definition) is 2. The third kappa shape index (κ3) is 4.61. The molecule has 54 valence electrons. The first-order chi connectivity index (χ1) is 4.79. The van der Waals surface area contributed by atoms with Crippen LogP contribution in [0.5, 0.6) is 0 Å². The fourth-order valence-corrected chi connectivity index (χ4v) is 1.08. The molecular weight excluding hydrogens is 171 g/mol. The van der Waals surface area contributed by atoms with Crippen molar-refractivity contribution >= 4 is 16.0 Å². The Bertz CT molecular complexity index is 278. The van der Waals surface area contributed by atoms with E-state index in [4.69, 9.17) is 0 Å². The van der Waals surface area contributed by atoms with Crippen LogP contribution in [-0.4, -0.2) is 14.1 Å². The molecule has 1 unspecified atom stereocenters. The van der Waals surface area contributed by atoms with Gasteiger partial charge in [0.05, 0.1) is 0 Å². The Morgan fingerprint density at radius 1 is 1.27 bits per heavy atom. The van der Waals surface area contributed by atoms with E-state index in [0.29, 0.717) is 0 Å². The molecule has 1 aromatic carbocycles. The molecule has 4 heteroatoms. The quantitative estimate of drug-likeness (QED) is 0.292. The van der Waals surface area contributed by atoms with E-state index < -0.39 is 10.7 Å². The van der Waals surface area contributed by atoms with E-state index in [2.05, 4.69) is 0 Å². The van der Waals surface area contributed by atoms with E-state index in [1.165, 1.54) is 5.37 Å². The summed E-state index contributed by atoms with van der Waals surface area (Å²) < 4.78 is 20.3. The van der Waals surface area contributed by atoms with Gasteiger partial charge < -0.3 is 4.55 Å². The van der Waals surface area contributed by atoms with Crippen LogP contribution < -0.4 is 29.6 Å². The fraction of sp³-hybridized carbons (Fsp3) is 0. The van der Waals surface area contributed by atoms with Gasteiger partial charge in [-0.05, 0) is 10.9 Å². The molecule has 0 saturated carbocycles. The second-order valence-electron chi connectivity index (χ2n) is 1.83. The number of hydrogen-bond donors (Lipinski definition) is 1. The molecule has 0 aliphatic carbocycles. The van der Waals surface area contributed by atoms with Crippen LogP contribution in [0.15, 0.2) is 30.3 Å². The van der Waals surface area contributed by atoms with Gasteiger partial charge in [0, 0.05) is 0 Å². The van der Waals surface area contributed by atoms with Crippen molar-refractivity contribution in [3.63, 3.8) is 0 Å². The Hall–Kier alpha value is 0.200. The van der Waals surface area contributed by atoms with Crippen molar-refractivity contribution in [2.45, 2.75) is 0 Å². The molecule has 0 aromatic heterocycles. The van der Waals surface area contributed by atoms with Crippen molar-refractivity contribution in [3.05, 3.63) is 35.9 Å². The molecule has 0 aliphatic heterocycles. The Balaban J connectivity index is 0.000001000. The molecule has 1 atom stereocenters. The van der Waals surface area contributed by atoms with Gasteiger partial charge in [-0.1, -0.05) is 30.3 Å². The molecule has 0 bridgehead atoms. The zero-order valence-electron chi connectivity index (χ0n) is 6.23. The first kappa shape index (κ1) is 11.2. The summed E-state index contributed by atoms with van der Waals surface area (Å²) in [6.07, 6.45) is 0. The number of rotatable bonds is 1. The normalized spacial score (nSPS) is 12.1. The molecule has 0 heterocycles. The zero-order valence-corrected chi connectivity index (χ0v) is 9.12. The molecule has 0 radical (unpaired) electrons. The molecule has 11 heavy (non-hydrogen) atoms. The van der Waals surface area contributed by atoms with Crippen LogP contribution >= 0.6 is 0 Å². The summed E-state index contributed by atoms with van der Waals surface area (Å²) in [6, 6.07) is 8.92. The predicted octanol–water partition coefficient (Wildman–Crippen LogP) is -2.55. The average Bonchev–Trinajstić information content (AvgIpc) is 1.88. The second-order valence-corrected chi connectivity index (χ2v) is 2.65. The predicted molar refractivity (Wildman–Crippen MR) is 41.9 cm³/mol. The van der Waals surface area contributed by atoms with Gasteiger partial charge in [0.15, 0.2) is 0 Å². The van der Waals surface area contributed by atoms with Crippen molar-refractivity contribution in [2.24, 2.45) is 0 Å². The molecule has 0 aliphatic rings. The molecule has 2 nitrogen and oxygen atoms in total. The summed E-state index contributed by atoms with van der Waals surface area (Å²) in [5.74, 6) is 0. The summed E-state index contributed by atoms with van der Waals surface area (Å²) in [6.45, 7) is 0.